The van der Waals surface area contributed by atoms with Gasteiger partial charge in [-0.1, -0.05) is 11.6 Å². The fourth-order valence-electron chi connectivity index (χ4n) is 1.83. The fourth-order valence-corrected chi connectivity index (χ4v) is 2.03. The summed E-state index contributed by atoms with van der Waals surface area (Å²) >= 11 is 5.96. The Morgan fingerprint density at radius 2 is 2.00 bits per heavy atom. The molecule has 0 saturated heterocycles. The van der Waals surface area contributed by atoms with Gasteiger partial charge in [0.05, 0.1) is 17.4 Å². The highest BCUT2D eigenvalue weighted by molar-refractivity contribution is 6.32. The van der Waals surface area contributed by atoms with E-state index >= 15 is 0 Å². The lowest BCUT2D eigenvalue weighted by molar-refractivity contribution is -0.137. The zero-order chi connectivity index (χ0) is 18.6. The minimum Gasteiger partial charge on any atom is -0.381 e. The predicted molar refractivity (Wildman–Crippen MR) is 84.8 cm³/mol. The molecule has 2 aromatic rings. The number of carbonyl (C=O) groups is 1. The molecule has 134 valence electrons. The SMILES string of the molecule is CC(=O)NCCNc1cnn(-c2ccc(C(F)(F)F)cn2)c(=O)c1Cl. The lowest BCUT2D eigenvalue weighted by Crippen LogP contribution is -2.28. The first kappa shape index (κ1) is 18.7. The molecule has 0 aliphatic carbocycles. The van der Waals surface area contributed by atoms with E-state index in [2.05, 4.69) is 20.7 Å². The topological polar surface area (TPSA) is 88.9 Å². The number of aromatic nitrogens is 3. The first-order valence-electron chi connectivity index (χ1n) is 7.00. The number of nitrogens with one attached hydrogen (secondary N) is 2. The van der Waals surface area contributed by atoms with Crippen LogP contribution in [0.4, 0.5) is 18.9 Å². The molecule has 0 bridgehead atoms. The minimum atomic E-state index is -4.52. The molecule has 0 aromatic carbocycles. The minimum absolute atomic E-state index is 0.0929. The number of hydrogen-bond acceptors (Lipinski definition) is 5. The van der Waals surface area contributed by atoms with Crippen LogP contribution in [0, 0.1) is 0 Å². The van der Waals surface area contributed by atoms with E-state index in [1.807, 2.05) is 0 Å². The van der Waals surface area contributed by atoms with Crippen molar-refractivity contribution < 1.29 is 18.0 Å². The molecule has 0 saturated carbocycles. The fraction of sp³-hybridized carbons (Fsp3) is 0.286. The summed E-state index contributed by atoms with van der Waals surface area (Å²) in [5, 5.41) is 9.03. The van der Waals surface area contributed by atoms with Gasteiger partial charge in [-0.05, 0) is 12.1 Å². The van der Waals surface area contributed by atoms with Gasteiger partial charge < -0.3 is 10.6 Å². The summed E-state index contributed by atoms with van der Waals surface area (Å²) in [4.78, 5) is 26.6. The number of halogens is 4. The number of rotatable bonds is 5. The number of alkyl halides is 3. The third-order valence-corrected chi connectivity index (χ3v) is 3.39. The number of pyridine rings is 1. The standard InChI is InChI=1S/C14H13ClF3N5O2/c1-8(24)19-4-5-20-10-7-22-23(13(25)12(10)15)11-3-2-9(6-21-11)14(16,17)18/h2-3,6-7,20H,4-5H2,1H3,(H,19,24). The average molecular weight is 376 g/mol. The van der Waals surface area contributed by atoms with Gasteiger partial charge in [-0.15, -0.1) is 0 Å². The Kier molecular flexibility index (Phi) is 5.62. The van der Waals surface area contributed by atoms with Crippen LogP contribution in [0.5, 0.6) is 0 Å². The third-order valence-electron chi connectivity index (χ3n) is 3.03. The molecule has 2 N–H and O–H groups in total. The van der Waals surface area contributed by atoms with Crippen molar-refractivity contribution in [3.05, 3.63) is 45.5 Å². The van der Waals surface area contributed by atoms with E-state index in [4.69, 9.17) is 11.6 Å². The van der Waals surface area contributed by atoms with Crippen LogP contribution in [0.2, 0.25) is 5.02 Å². The highest BCUT2D eigenvalue weighted by Crippen LogP contribution is 2.28. The van der Waals surface area contributed by atoms with E-state index in [1.165, 1.54) is 13.1 Å². The van der Waals surface area contributed by atoms with Crippen molar-refractivity contribution >= 4 is 23.2 Å². The highest BCUT2D eigenvalue weighted by Gasteiger charge is 2.30. The van der Waals surface area contributed by atoms with Crippen molar-refractivity contribution in [1.82, 2.24) is 20.1 Å². The van der Waals surface area contributed by atoms with Crippen LogP contribution < -0.4 is 16.2 Å². The van der Waals surface area contributed by atoms with Gasteiger partial charge in [-0.25, -0.2) is 4.98 Å². The van der Waals surface area contributed by atoms with Crippen LogP contribution in [-0.4, -0.2) is 33.8 Å². The molecule has 25 heavy (non-hydrogen) atoms. The maximum atomic E-state index is 12.5. The van der Waals surface area contributed by atoms with Gasteiger partial charge in [0.2, 0.25) is 5.91 Å². The van der Waals surface area contributed by atoms with E-state index in [0.717, 1.165) is 16.8 Å². The van der Waals surface area contributed by atoms with Gasteiger partial charge in [0.1, 0.15) is 5.02 Å². The molecule has 2 rings (SSSR count). The molecule has 0 atom stereocenters. The molecule has 0 spiro atoms. The Morgan fingerprint density at radius 3 is 2.56 bits per heavy atom. The Balaban J connectivity index is 2.19. The van der Waals surface area contributed by atoms with Gasteiger partial charge in [-0.3, -0.25) is 9.59 Å². The molecule has 2 heterocycles. The Bertz CT molecular complexity index is 821. The number of anilines is 1. The summed E-state index contributed by atoms with van der Waals surface area (Å²) in [6, 6.07) is 1.82. The second-order valence-electron chi connectivity index (χ2n) is 4.90. The van der Waals surface area contributed by atoms with Gasteiger partial charge in [0.15, 0.2) is 5.82 Å². The Hall–Kier alpha value is -2.62. The second kappa shape index (κ2) is 7.51. The number of amides is 1. The quantitative estimate of drug-likeness (QED) is 0.778. The van der Waals surface area contributed by atoms with Crippen LogP contribution in [0.25, 0.3) is 5.82 Å². The van der Waals surface area contributed by atoms with Gasteiger partial charge in [0.25, 0.3) is 5.56 Å². The van der Waals surface area contributed by atoms with Crippen LogP contribution >= 0.6 is 11.6 Å². The Labute approximate surface area is 144 Å². The number of carbonyl (C=O) groups excluding carboxylic acids is 1. The van der Waals surface area contributed by atoms with Crippen molar-refractivity contribution in [2.75, 3.05) is 18.4 Å². The van der Waals surface area contributed by atoms with E-state index < -0.39 is 17.3 Å². The average Bonchev–Trinajstić information content (AvgIpc) is 2.54. The normalized spacial score (nSPS) is 11.2. The van der Waals surface area contributed by atoms with Crippen LogP contribution in [0.3, 0.4) is 0 Å². The molecule has 1 amide bonds. The molecule has 0 aliphatic heterocycles. The van der Waals surface area contributed by atoms with E-state index in [-0.39, 0.29) is 22.4 Å². The summed E-state index contributed by atoms with van der Waals surface area (Å²) < 4.78 is 38.4. The molecule has 7 nitrogen and oxygen atoms in total. The van der Waals surface area contributed by atoms with E-state index in [0.29, 0.717) is 19.3 Å². The second-order valence-corrected chi connectivity index (χ2v) is 5.28. The predicted octanol–water partition coefficient (Wildman–Crippen LogP) is 1.85. The van der Waals surface area contributed by atoms with Crippen molar-refractivity contribution in [3.63, 3.8) is 0 Å². The summed E-state index contributed by atoms with van der Waals surface area (Å²) in [5.74, 6) is -0.292. The molecule has 0 radical (unpaired) electrons. The molecule has 11 heteroatoms. The molecule has 0 unspecified atom stereocenters. The summed E-state index contributed by atoms with van der Waals surface area (Å²) in [7, 11) is 0. The molecule has 0 aliphatic rings. The van der Waals surface area contributed by atoms with Crippen molar-refractivity contribution in [2.45, 2.75) is 13.1 Å². The van der Waals surface area contributed by atoms with Gasteiger partial charge in [-0.2, -0.15) is 23.0 Å². The van der Waals surface area contributed by atoms with E-state index in [9.17, 15) is 22.8 Å². The smallest absolute Gasteiger partial charge is 0.381 e. The van der Waals surface area contributed by atoms with Crippen molar-refractivity contribution in [2.24, 2.45) is 0 Å². The maximum absolute atomic E-state index is 12.5. The number of nitrogens with zero attached hydrogens (tertiary/aromatic N) is 3. The summed E-state index contributed by atoms with van der Waals surface area (Å²) in [6.07, 6.45) is -2.67. The first-order valence-corrected chi connectivity index (χ1v) is 7.37. The summed E-state index contributed by atoms with van der Waals surface area (Å²) in [5.41, 5.74) is -1.44. The van der Waals surface area contributed by atoms with Crippen LogP contribution in [0.1, 0.15) is 12.5 Å². The largest absolute Gasteiger partial charge is 0.417 e. The monoisotopic (exact) mass is 375 g/mol. The zero-order valence-corrected chi connectivity index (χ0v) is 13.6. The van der Waals surface area contributed by atoms with Crippen LogP contribution in [0.15, 0.2) is 29.3 Å². The molecule has 0 fully saturated rings. The van der Waals surface area contributed by atoms with Crippen molar-refractivity contribution in [3.8, 4) is 5.82 Å². The molecule has 2 aromatic heterocycles. The molecular formula is C14H13ClF3N5O2. The van der Waals surface area contributed by atoms with Crippen LogP contribution in [-0.2, 0) is 11.0 Å². The summed E-state index contributed by atoms with van der Waals surface area (Å²) in [6.45, 7) is 1.99. The Morgan fingerprint density at radius 1 is 1.28 bits per heavy atom. The van der Waals surface area contributed by atoms with Gasteiger partial charge >= 0.3 is 6.18 Å². The maximum Gasteiger partial charge on any atom is 0.417 e. The molecular weight excluding hydrogens is 363 g/mol. The third kappa shape index (κ3) is 4.69. The lowest BCUT2D eigenvalue weighted by Gasteiger charge is -2.11. The first-order chi connectivity index (χ1) is 11.7. The lowest BCUT2D eigenvalue weighted by atomic mass is 10.3. The number of hydrogen-bond donors (Lipinski definition) is 2. The zero-order valence-electron chi connectivity index (χ0n) is 12.9. The van der Waals surface area contributed by atoms with Gasteiger partial charge in [0, 0.05) is 26.2 Å². The van der Waals surface area contributed by atoms with Crippen molar-refractivity contribution in [1.29, 1.82) is 0 Å². The van der Waals surface area contributed by atoms with E-state index in [1.54, 1.807) is 0 Å². The highest BCUT2D eigenvalue weighted by atomic mass is 35.5.